The van der Waals surface area contributed by atoms with E-state index in [0.29, 0.717) is 5.96 Å². The molecule has 3 rings (SSSR count). The molecule has 2 heterocycles. The van der Waals surface area contributed by atoms with Gasteiger partial charge in [-0.25, -0.2) is 4.98 Å². The molecule has 1 aliphatic rings. The molecule has 176 valence electrons. The lowest BCUT2D eigenvalue weighted by molar-refractivity contribution is -0.139. The van der Waals surface area contributed by atoms with Crippen molar-refractivity contribution in [3.63, 3.8) is 0 Å². The van der Waals surface area contributed by atoms with Crippen LogP contribution in [0.25, 0.3) is 0 Å². The molecule has 0 spiro atoms. The van der Waals surface area contributed by atoms with Gasteiger partial charge in [-0.3, -0.25) is 4.99 Å². The first-order chi connectivity index (χ1) is 14.9. The molecule has 1 unspecified atom stereocenters. The van der Waals surface area contributed by atoms with E-state index in [2.05, 4.69) is 25.5 Å². The molecule has 1 fully saturated rings. The summed E-state index contributed by atoms with van der Waals surface area (Å²) in [4.78, 5) is 10.1. The number of aromatic nitrogens is 1. The van der Waals surface area contributed by atoms with Gasteiger partial charge < -0.3 is 25.0 Å². The minimum atomic E-state index is -4.51. The van der Waals surface area contributed by atoms with Crippen molar-refractivity contribution in [2.24, 2.45) is 4.99 Å². The number of halogens is 4. The number of ether oxygens (including phenoxy) is 2. The quantitative estimate of drug-likeness (QED) is 0.232. The second-order valence-electron chi connectivity index (χ2n) is 6.95. The second-order valence-corrected chi connectivity index (χ2v) is 6.95. The van der Waals surface area contributed by atoms with Crippen LogP contribution in [0.1, 0.15) is 12.0 Å². The largest absolute Gasteiger partial charge is 0.495 e. The highest BCUT2D eigenvalue weighted by Gasteiger charge is 2.35. The fourth-order valence-corrected chi connectivity index (χ4v) is 3.41. The number of alkyl halides is 3. The third kappa shape index (κ3) is 6.78. The first-order valence-corrected chi connectivity index (χ1v) is 9.92. The highest BCUT2D eigenvalue weighted by molar-refractivity contribution is 14.0. The van der Waals surface area contributed by atoms with Gasteiger partial charge in [0.05, 0.1) is 19.3 Å². The number of hydrogen-bond donors (Lipinski definition) is 2. The molecule has 0 radical (unpaired) electrons. The maximum Gasteiger partial charge on any atom is 0.421 e. The van der Waals surface area contributed by atoms with Crippen LogP contribution in [0.5, 0.6) is 11.6 Å². The highest BCUT2D eigenvalue weighted by Crippen LogP contribution is 2.34. The number of pyridine rings is 1. The Morgan fingerprint density at radius 3 is 2.75 bits per heavy atom. The monoisotopic (exact) mass is 565 g/mol. The zero-order valence-electron chi connectivity index (χ0n) is 17.9. The predicted octanol–water partition coefficient (Wildman–Crippen LogP) is 3.55. The Labute approximate surface area is 202 Å². The predicted molar refractivity (Wildman–Crippen MR) is 128 cm³/mol. The van der Waals surface area contributed by atoms with E-state index in [-0.39, 0.29) is 43.2 Å². The zero-order chi connectivity index (χ0) is 22.3. The zero-order valence-corrected chi connectivity index (χ0v) is 20.2. The van der Waals surface area contributed by atoms with Crippen LogP contribution < -0.4 is 25.0 Å². The molecule has 2 aromatic rings. The topological polar surface area (TPSA) is 71.0 Å². The molecule has 0 amide bonds. The number of aliphatic imine (C=N–C) groups is 1. The summed E-state index contributed by atoms with van der Waals surface area (Å²) in [7, 11) is 3.30. The molecule has 1 aromatic carbocycles. The standard InChI is InChI=1S/C21H26F3N5O2.HI/c1-25-20(27-11-13-31-19-16(21(22,23)24)6-5-10-26-19)28-15-9-12-29(14-15)17-7-3-4-8-18(17)30-2;/h3-8,10,15H,9,11-14H2,1-2H3,(H2,25,27,28);1H. The van der Waals surface area contributed by atoms with Crippen molar-refractivity contribution in [1.82, 2.24) is 15.6 Å². The van der Waals surface area contributed by atoms with Crippen LogP contribution in [0.4, 0.5) is 18.9 Å². The number of hydrogen-bond acceptors (Lipinski definition) is 5. The van der Waals surface area contributed by atoms with Crippen LogP contribution in [0.15, 0.2) is 47.6 Å². The molecule has 0 bridgehead atoms. The molecule has 2 N–H and O–H groups in total. The fourth-order valence-electron chi connectivity index (χ4n) is 3.41. The van der Waals surface area contributed by atoms with Gasteiger partial charge in [-0.2, -0.15) is 13.2 Å². The lowest BCUT2D eigenvalue weighted by Gasteiger charge is -2.22. The number of para-hydroxylation sites is 2. The van der Waals surface area contributed by atoms with Gasteiger partial charge in [-0.15, -0.1) is 24.0 Å². The van der Waals surface area contributed by atoms with E-state index in [0.717, 1.165) is 37.0 Å². The van der Waals surface area contributed by atoms with Crippen LogP contribution in [0.2, 0.25) is 0 Å². The van der Waals surface area contributed by atoms with Crippen molar-refractivity contribution in [3.05, 3.63) is 48.2 Å². The Bertz CT molecular complexity index is 898. The summed E-state index contributed by atoms with van der Waals surface area (Å²) < 4.78 is 49.6. The maximum absolute atomic E-state index is 13.0. The van der Waals surface area contributed by atoms with E-state index in [1.54, 1.807) is 14.2 Å². The van der Waals surface area contributed by atoms with Gasteiger partial charge in [-0.1, -0.05) is 12.1 Å². The molecular formula is C21H27F3IN5O2. The lowest BCUT2D eigenvalue weighted by Crippen LogP contribution is -2.45. The molecule has 0 saturated carbocycles. The second kappa shape index (κ2) is 12.0. The van der Waals surface area contributed by atoms with Gasteiger partial charge in [0.25, 0.3) is 0 Å². The summed E-state index contributed by atoms with van der Waals surface area (Å²) in [6.07, 6.45) is -2.32. The van der Waals surface area contributed by atoms with E-state index in [9.17, 15) is 13.2 Å². The summed E-state index contributed by atoms with van der Waals surface area (Å²) in [6, 6.07) is 10.2. The van der Waals surface area contributed by atoms with Crippen molar-refractivity contribution < 1.29 is 22.6 Å². The molecule has 1 aliphatic heterocycles. The SMILES string of the molecule is CN=C(NCCOc1ncccc1C(F)(F)F)NC1CCN(c2ccccc2OC)C1.I. The number of nitrogens with one attached hydrogen (secondary N) is 2. The number of rotatable bonds is 7. The molecule has 1 saturated heterocycles. The molecular weight excluding hydrogens is 538 g/mol. The van der Waals surface area contributed by atoms with Gasteiger partial charge >= 0.3 is 6.18 Å². The Morgan fingerprint density at radius 1 is 1.25 bits per heavy atom. The first kappa shape index (κ1) is 25.8. The van der Waals surface area contributed by atoms with E-state index in [1.165, 1.54) is 12.3 Å². The lowest BCUT2D eigenvalue weighted by atomic mass is 10.2. The van der Waals surface area contributed by atoms with Crippen molar-refractivity contribution in [3.8, 4) is 11.6 Å². The third-order valence-corrected chi connectivity index (χ3v) is 4.89. The van der Waals surface area contributed by atoms with Crippen molar-refractivity contribution in [2.75, 3.05) is 45.3 Å². The van der Waals surface area contributed by atoms with Crippen molar-refractivity contribution in [1.29, 1.82) is 0 Å². The number of anilines is 1. The van der Waals surface area contributed by atoms with Crippen LogP contribution in [-0.4, -0.2) is 57.4 Å². The number of methoxy groups -OCH3 is 1. The van der Waals surface area contributed by atoms with Crippen molar-refractivity contribution in [2.45, 2.75) is 18.6 Å². The minimum Gasteiger partial charge on any atom is -0.495 e. The summed E-state index contributed by atoms with van der Waals surface area (Å²) in [5.74, 6) is 0.964. The first-order valence-electron chi connectivity index (χ1n) is 9.92. The van der Waals surface area contributed by atoms with E-state index < -0.39 is 17.6 Å². The molecule has 0 aliphatic carbocycles. The van der Waals surface area contributed by atoms with Crippen LogP contribution in [-0.2, 0) is 6.18 Å². The molecule has 11 heteroatoms. The van der Waals surface area contributed by atoms with Gasteiger partial charge in [-0.05, 0) is 30.7 Å². The molecule has 32 heavy (non-hydrogen) atoms. The molecule has 7 nitrogen and oxygen atoms in total. The Hall–Kier alpha value is -2.44. The third-order valence-electron chi connectivity index (χ3n) is 4.89. The Balaban J connectivity index is 0.00000363. The van der Waals surface area contributed by atoms with E-state index >= 15 is 0 Å². The number of guanidine groups is 1. The van der Waals surface area contributed by atoms with Gasteiger partial charge in [0, 0.05) is 32.4 Å². The smallest absolute Gasteiger partial charge is 0.421 e. The van der Waals surface area contributed by atoms with Crippen LogP contribution in [0.3, 0.4) is 0 Å². The fraction of sp³-hybridized carbons (Fsp3) is 0.429. The number of nitrogens with zero attached hydrogens (tertiary/aromatic N) is 3. The average Bonchev–Trinajstić information content (AvgIpc) is 3.23. The summed E-state index contributed by atoms with van der Waals surface area (Å²) in [6.45, 7) is 1.94. The van der Waals surface area contributed by atoms with Crippen molar-refractivity contribution >= 4 is 35.6 Å². The van der Waals surface area contributed by atoms with E-state index in [1.807, 2.05) is 24.3 Å². The maximum atomic E-state index is 13.0. The normalized spacial score (nSPS) is 16.3. The van der Waals surface area contributed by atoms with Crippen LogP contribution in [0, 0.1) is 0 Å². The molecule has 1 aromatic heterocycles. The van der Waals surface area contributed by atoms with E-state index in [4.69, 9.17) is 9.47 Å². The minimum absolute atomic E-state index is 0. The van der Waals surface area contributed by atoms with Gasteiger partial charge in [0.15, 0.2) is 5.96 Å². The number of benzene rings is 1. The highest BCUT2D eigenvalue weighted by atomic mass is 127. The average molecular weight is 565 g/mol. The summed E-state index contributed by atoms with van der Waals surface area (Å²) in [5, 5.41) is 6.41. The Kier molecular flexibility index (Phi) is 9.66. The Morgan fingerprint density at radius 2 is 2.03 bits per heavy atom. The summed E-state index contributed by atoms with van der Waals surface area (Å²) in [5.41, 5.74) is 0.154. The van der Waals surface area contributed by atoms with Gasteiger partial charge in [0.2, 0.25) is 5.88 Å². The van der Waals surface area contributed by atoms with Crippen LogP contribution >= 0.6 is 24.0 Å². The molecule has 1 atom stereocenters. The van der Waals surface area contributed by atoms with Gasteiger partial charge in [0.1, 0.15) is 17.9 Å². The summed E-state index contributed by atoms with van der Waals surface area (Å²) >= 11 is 0.